The molecule has 0 aliphatic carbocycles. The van der Waals surface area contributed by atoms with Crippen LogP contribution in [0.2, 0.25) is 0 Å². The van der Waals surface area contributed by atoms with Crippen molar-refractivity contribution in [1.82, 2.24) is 19.7 Å². The van der Waals surface area contributed by atoms with E-state index in [9.17, 15) is 4.79 Å². The molecule has 6 nitrogen and oxygen atoms in total. The van der Waals surface area contributed by atoms with Gasteiger partial charge in [0.1, 0.15) is 0 Å². The third kappa shape index (κ3) is 3.18. The summed E-state index contributed by atoms with van der Waals surface area (Å²) in [6.07, 6.45) is 3.89. The first kappa shape index (κ1) is 16.3. The zero-order valence-corrected chi connectivity index (χ0v) is 14.7. The average Bonchev–Trinajstić information content (AvgIpc) is 3.23. The van der Waals surface area contributed by atoms with E-state index in [1.54, 1.807) is 0 Å². The van der Waals surface area contributed by atoms with Gasteiger partial charge in [-0.3, -0.25) is 4.79 Å². The maximum absolute atomic E-state index is 12.7. The summed E-state index contributed by atoms with van der Waals surface area (Å²) in [5.74, 6) is 1.76. The number of hydrogen-bond donors (Lipinski definition) is 0. The van der Waals surface area contributed by atoms with Gasteiger partial charge >= 0.3 is 0 Å². The topological polar surface area (TPSA) is 54.3 Å². The maximum Gasteiger partial charge on any atom is 0.254 e. The summed E-state index contributed by atoms with van der Waals surface area (Å²) in [6.45, 7) is 4.87. The van der Waals surface area contributed by atoms with Crippen LogP contribution >= 0.6 is 0 Å². The maximum atomic E-state index is 12.7. The predicted octanol–water partition coefficient (Wildman–Crippen LogP) is 2.54. The molecule has 0 atom stereocenters. The van der Waals surface area contributed by atoms with Crippen LogP contribution in [0.5, 0.6) is 0 Å². The molecule has 0 spiro atoms. The Labute approximate surface area is 152 Å². The smallest absolute Gasteiger partial charge is 0.254 e. The largest absolute Gasteiger partial charge is 0.352 e. The van der Waals surface area contributed by atoms with Gasteiger partial charge in [-0.2, -0.15) is 0 Å². The summed E-state index contributed by atoms with van der Waals surface area (Å²) < 4.78 is 1.93. The Bertz CT molecular complexity index is 881. The standard InChI is InChI=1S/C20H21N5O/c1-16-6-2-3-7-17(16)20(26)25-14-12-24(13-15-25)19-9-8-18(21-22-19)23-10-4-5-11-23/h2-11H,12-15H2,1H3. The van der Waals surface area contributed by atoms with Crippen LogP contribution < -0.4 is 4.90 Å². The Balaban J connectivity index is 1.40. The lowest BCUT2D eigenvalue weighted by molar-refractivity contribution is 0.0745. The number of benzene rings is 1. The second-order valence-electron chi connectivity index (χ2n) is 6.43. The summed E-state index contributed by atoms with van der Waals surface area (Å²) in [5, 5.41) is 8.65. The van der Waals surface area contributed by atoms with E-state index in [0.717, 1.165) is 35.9 Å². The molecular weight excluding hydrogens is 326 g/mol. The van der Waals surface area contributed by atoms with Gasteiger partial charge in [0.2, 0.25) is 0 Å². The fourth-order valence-corrected chi connectivity index (χ4v) is 3.23. The van der Waals surface area contributed by atoms with Crippen LogP contribution in [-0.2, 0) is 0 Å². The molecule has 0 bridgehead atoms. The van der Waals surface area contributed by atoms with Crippen molar-refractivity contribution in [1.29, 1.82) is 0 Å². The molecule has 132 valence electrons. The molecule has 1 fully saturated rings. The summed E-state index contributed by atoms with van der Waals surface area (Å²) >= 11 is 0. The minimum absolute atomic E-state index is 0.108. The van der Waals surface area contributed by atoms with E-state index in [0.29, 0.717) is 13.1 Å². The van der Waals surface area contributed by atoms with Crippen molar-refractivity contribution >= 4 is 11.7 Å². The van der Waals surface area contributed by atoms with Gasteiger partial charge < -0.3 is 14.4 Å². The van der Waals surface area contributed by atoms with Gasteiger partial charge in [0.05, 0.1) is 0 Å². The van der Waals surface area contributed by atoms with Gasteiger partial charge in [-0.25, -0.2) is 0 Å². The number of aryl methyl sites for hydroxylation is 1. The Hall–Kier alpha value is -3.15. The lowest BCUT2D eigenvalue weighted by Gasteiger charge is -2.35. The van der Waals surface area contributed by atoms with E-state index >= 15 is 0 Å². The number of hydrogen-bond acceptors (Lipinski definition) is 4. The highest BCUT2D eigenvalue weighted by molar-refractivity contribution is 5.95. The van der Waals surface area contributed by atoms with Crippen molar-refractivity contribution < 1.29 is 4.79 Å². The van der Waals surface area contributed by atoms with Crippen molar-refractivity contribution in [2.24, 2.45) is 0 Å². The van der Waals surface area contributed by atoms with Crippen LogP contribution in [0.15, 0.2) is 60.9 Å². The van der Waals surface area contributed by atoms with E-state index in [1.807, 2.05) is 77.3 Å². The zero-order valence-electron chi connectivity index (χ0n) is 14.7. The minimum Gasteiger partial charge on any atom is -0.352 e. The van der Waals surface area contributed by atoms with Crippen molar-refractivity contribution in [2.75, 3.05) is 31.1 Å². The number of piperazine rings is 1. The van der Waals surface area contributed by atoms with Crippen molar-refractivity contribution in [2.45, 2.75) is 6.92 Å². The molecule has 26 heavy (non-hydrogen) atoms. The number of carbonyl (C=O) groups excluding carboxylic acids is 1. The van der Waals surface area contributed by atoms with E-state index in [1.165, 1.54) is 0 Å². The lowest BCUT2D eigenvalue weighted by atomic mass is 10.1. The number of nitrogens with zero attached hydrogens (tertiary/aromatic N) is 5. The number of carbonyl (C=O) groups is 1. The summed E-state index contributed by atoms with van der Waals surface area (Å²) in [4.78, 5) is 16.8. The van der Waals surface area contributed by atoms with Gasteiger partial charge in [0.25, 0.3) is 5.91 Å². The van der Waals surface area contributed by atoms with Crippen molar-refractivity contribution in [3.63, 3.8) is 0 Å². The Kier molecular flexibility index (Phi) is 4.39. The zero-order chi connectivity index (χ0) is 17.9. The molecule has 0 unspecified atom stereocenters. The van der Waals surface area contributed by atoms with Gasteiger partial charge in [-0.15, -0.1) is 10.2 Å². The molecule has 1 amide bonds. The molecule has 4 rings (SSSR count). The summed E-state index contributed by atoms with van der Waals surface area (Å²) in [5.41, 5.74) is 1.81. The molecule has 2 aromatic heterocycles. The summed E-state index contributed by atoms with van der Waals surface area (Å²) in [6, 6.07) is 15.6. The van der Waals surface area contributed by atoms with Crippen LogP contribution in [-0.4, -0.2) is 51.8 Å². The van der Waals surface area contributed by atoms with Crippen LogP contribution in [0.3, 0.4) is 0 Å². The number of aromatic nitrogens is 3. The molecule has 3 heterocycles. The predicted molar refractivity (Wildman–Crippen MR) is 101 cm³/mol. The molecule has 1 aliphatic heterocycles. The highest BCUT2D eigenvalue weighted by atomic mass is 16.2. The first-order valence-electron chi connectivity index (χ1n) is 8.79. The van der Waals surface area contributed by atoms with Gasteiger partial charge in [-0.05, 0) is 42.8 Å². The third-order valence-electron chi connectivity index (χ3n) is 4.77. The number of rotatable bonds is 3. The number of amides is 1. The highest BCUT2D eigenvalue weighted by Crippen LogP contribution is 2.17. The first-order chi connectivity index (χ1) is 12.7. The van der Waals surface area contributed by atoms with Crippen LogP contribution in [0.1, 0.15) is 15.9 Å². The molecule has 1 saturated heterocycles. The Morgan fingerprint density at radius 1 is 0.846 bits per heavy atom. The van der Waals surface area contributed by atoms with Gasteiger partial charge in [-0.1, -0.05) is 18.2 Å². The SMILES string of the molecule is Cc1ccccc1C(=O)N1CCN(c2ccc(-n3cccc3)nn2)CC1. The second kappa shape index (κ2) is 7.00. The third-order valence-corrected chi connectivity index (χ3v) is 4.77. The van der Waals surface area contributed by atoms with Gasteiger partial charge in [0, 0.05) is 44.1 Å². The number of anilines is 1. The van der Waals surface area contributed by atoms with Gasteiger partial charge in [0.15, 0.2) is 11.6 Å². The molecule has 0 N–H and O–H groups in total. The van der Waals surface area contributed by atoms with E-state index in [-0.39, 0.29) is 5.91 Å². The highest BCUT2D eigenvalue weighted by Gasteiger charge is 2.23. The summed E-state index contributed by atoms with van der Waals surface area (Å²) in [7, 11) is 0. The molecule has 0 radical (unpaired) electrons. The Morgan fingerprint density at radius 2 is 1.50 bits per heavy atom. The fraction of sp³-hybridized carbons (Fsp3) is 0.250. The molecule has 3 aromatic rings. The van der Waals surface area contributed by atoms with Crippen molar-refractivity contribution in [3.8, 4) is 5.82 Å². The quantitative estimate of drug-likeness (QED) is 0.731. The van der Waals surface area contributed by atoms with Crippen LogP contribution in [0.4, 0.5) is 5.82 Å². The van der Waals surface area contributed by atoms with E-state index < -0.39 is 0 Å². The minimum atomic E-state index is 0.108. The Morgan fingerprint density at radius 3 is 2.15 bits per heavy atom. The molecule has 1 aliphatic rings. The average molecular weight is 347 g/mol. The molecular formula is C20H21N5O. The van der Waals surface area contributed by atoms with Crippen LogP contribution in [0, 0.1) is 6.92 Å². The normalized spacial score (nSPS) is 14.5. The lowest BCUT2D eigenvalue weighted by Crippen LogP contribution is -2.49. The fourth-order valence-electron chi connectivity index (χ4n) is 3.23. The first-order valence-corrected chi connectivity index (χ1v) is 8.79. The molecule has 0 saturated carbocycles. The van der Waals surface area contributed by atoms with Crippen molar-refractivity contribution in [3.05, 3.63) is 72.1 Å². The second-order valence-corrected chi connectivity index (χ2v) is 6.43. The van der Waals surface area contributed by atoms with Crippen LogP contribution in [0.25, 0.3) is 5.82 Å². The molecule has 6 heteroatoms. The molecule has 1 aromatic carbocycles. The van der Waals surface area contributed by atoms with E-state index in [4.69, 9.17) is 0 Å². The van der Waals surface area contributed by atoms with E-state index in [2.05, 4.69) is 15.1 Å². The monoisotopic (exact) mass is 347 g/mol.